The van der Waals surface area contributed by atoms with Crippen LogP contribution in [0.3, 0.4) is 0 Å². The molecular weight excluding hydrogens is 440 g/mol. The van der Waals surface area contributed by atoms with Crippen LogP contribution in [-0.2, 0) is 37.0 Å². The molecule has 33 heavy (non-hydrogen) atoms. The van der Waals surface area contributed by atoms with Gasteiger partial charge in [0.15, 0.2) is 11.9 Å². The first kappa shape index (κ1) is 20.7. The van der Waals surface area contributed by atoms with Crippen molar-refractivity contribution in [3.8, 4) is 16.9 Å². The molecule has 1 aromatic carbocycles. The molecule has 0 saturated carbocycles. The molecule has 0 fully saturated rings. The third-order valence-electron chi connectivity index (χ3n) is 6.94. The van der Waals surface area contributed by atoms with E-state index < -0.39 is 0 Å². The zero-order valence-electron chi connectivity index (χ0n) is 18.7. The van der Waals surface area contributed by atoms with Crippen LogP contribution in [0.25, 0.3) is 11.1 Å². The van der Waals surface area contributed by atoms with Crippen molar-refractivity contribution in [1.82, 2.24) is 20.4 Å². The first-order valence-corrected chi connectivity index (χ1v) is 11.7. The summed E-state index contributed by atoms with van der Waals surface area (Å²) in [6.07, 6.45) is 4.46. The Morgan fingerprint density at radius 3 is 2.88 bits per heavy atom. The first-order chi connectivity index (χ1) is 16.0. The van der Waals surface area contributed by atoms with Gasteiger partial charge in [-0.2, -0.15) is 0 Å². The standard InChI is InChI=1S/C25H25ClN4O3/c1-30(2)25(31)14-8-17-16(3-6-28-21(17)9-14)18-11-15(26)7-13-10-22(32-23(13)18)24-19-12-27-5-4-20(19)29-33-24/h3,6-7,11,14,22,27H,4-5,8-10,12H2,1-2H3/t14?,22-/m1/s1. The molecule has 2 aliphatic heterocycles. The summed E-state index contributed by atoms with van der Waals surface area (Å²) in [4.78, 5) is 18.9. The Balaban J connectivity index is 1.38. The van der Waals surface area contributed by atoms with E-state index >= 15 is 0 Å². The molecule has 8 heteroatoms. The Labute approximate surface area is 197 Å². The van der Waals surface area contributed by atoms with Crippen LogP contribution in [0.5, 0.6) is 5.75 Å². The Hall–Kier alpha value is -2.90. The van der Waals surface area contributed by atoms with Gasteiger partial charge in [0.05, 0.1) is 5.69 Å². The summed E-state index contributed by atoms with van der Waals surface area (Å²) in [5.41, 5.74) is 7.26. The van der Waals surface area contributed by atoms with Crippen LogP contribution in [0.4, 0.5) is 0 Å². The van der Waals surface area contributed by atoms with E-state index in [0.717, 1.165) is 70.2 Å². The van der Waals surface area contributed by atoms with E-state index in [1.807, 2.05) is 24.4 Å². The SMILES string of the molecule is CN(C)C(=O)C1Cc2nccc(-c3cc(Cl)cc4c3O[C@@H](c3onc5c3CNCC5)C4)c2C1. The lowest BCUT2D eigenvalue weighted by molar-refractivity contribution is -0.132. The normalized spacial score (nSPS) is 20.7. The highest BCUT2D eigenvalue weighted by Crippen LogP contribution is 2.47. The molecule has 1 unspecified atom stereocenters. The lowest BCUT2D eigenvalue weighted by atomic mass is 9.95. The average molecular weight is 465 g/mol. The molecule has 0 spiro atoms. The largest absolute Gasteiger partial charge is 0.481 e. The van der Waals surface area contributed by atoms with E-state index in [0.29, 0.717) is 24.3 Å². The Morgan fingerprint density at radius 1 is 1.15 bits per heavy atom. The van der Waals surface area contributed by atoms with Crippen molar-refractivity contribution in [2.24, 2.45) is 5.92 Å². The molecule has 1 amide bonds. The lowest BCUT2D eigenvalue weighted by Gasteiger charge is -2.16. The highest BCUT2D eigenvalue weighted by atomic mass is 35.5. The second kappa shape index (κ2) is 7.85. The number of fused-ring (bicyclic) bond motifs is 3. The van der Waals surface area contributed by atoms with E-state index in [4.69, 9.17) is 20.9 Å². The minimum atomic E-state index is -0.230. The van der Waals surface area contributed by atoms with Gasteiger partial charge in [-0.25, -0.2) is 0 Å². The lowest BCUT2D eigenvalue weighted by Crippen LogP contribution is -2.29. The van der Waals surface area contributed by atoms with Crippen LogP contribution in [0.15, 0.2) is 28.9 Å². The number of ether oxygens (including phenoxy) is 1. The Kier molecular flexibility index (Phi) is 4.92. The number of pyridine rings is 1. The summed E-state index contributed by atoms with van der Waals surface area (Å²) in [6, 6.07) is 5.93. The number of rotatable bonds is 3. The van der Waals surface area contributed by atoms with Crippen LogP contribution in [0.1, 0.15) is 39.9 Å². The molecule has 1 N–H and O–H groups in total. The highest BCUT2D eigenvalue weighted by Gasteiger charge is 2.36. The van der Waals surface area contributed by atoms with Gasteiger partial charge in [0.25, 0.3) is 0 Å². The molecule has 1 aliphatic carbocycles. The average Bonchev–Trinajstić information content (AvgIpc) is 3.53. The molecule has 0 bridgehead atoms. The molecule has 0 saturated heterocycles. The molecule has 170 valence electrons. The van der Waals surface area contributed by atoms with Gasteiger partial charge in [-0.1, -0.05) is 16.8 Å². The zero-order valence-corrected chi connectivity index (χ0v) is 19.4. The molecule has 0 radical (unpaired) electrons. The molecule has 3 aliphatic rings. The number of carbonyl (C=O) groups is 1. The number of aromatic nitrogens is 2. The number of benzene rings is 1. The van der Waals surface area contributed by atoms with E-state index in [1.54, 1.807) is 19.0 Å². The van der Waals surface area contributed by atoms with Crippen molar-refractivity contribution in [2.45, 2.75) is 38.3 Å². The maximum absolute atomic E-state index is 12.6. The van der Waals surface area contributed by atoms with Crippen LogP contribution in [-0.4, -0.2) is 41.6 Å². The molecule has 7 nitrogen and oxygen atoms in total. The van der Waals surface area contributed by atoms with Crippen molar-refractivity contribution in [1.29, 1.82) is 0 Å². The Bertz CT molecular complexity index is 1270. The number of nitrogens with one attached hydrogen (secondary N) is 1. The zero-order chi connectivity index (χ0) is 22.7. The van der Waals surface area contributed by atoms with Crippen LogP contribution in [0.2, 0.25) is 5.02 Å². The summed E-state index contributed by atoms with van der Waals surface area (Å²) < 4.78 is 12.3. The monoisotopic (exact) mass is 464 g/mol. The van der Waals surface area contributed by atoms with Crippen molar-refractivity contribution in [2.75, 3.05) is 20.6 Å². The Morgan fingerprint density at radius 2 is 2.03 bits per heavy atom. The fourth-order valence-electron chi connectivity index (χ4n) is 5.37. The molecule has 6 rings (SSSR count). The number of amides is 1. The van der Waals surface area contributed by atoms with E-state index in [1.165, 1.54) is 0 Å². The van der Waals surface area contributed by atoms with Crippen LogP contribution < -0.4 is 10.1 Å². The van der Waals surface area contributed by atoms with E-state index in [2.05, 4.69) is 15.5 Å². The summed E-state index contributed by atoms with van der Waals surface area (Å²) in [6.45, 7) is 1.66. The molecule has 2 aromatic heterocycles. The predicted molar refractivity (Wildman–Crippen MR) is 123 cm³/mol. The summed E-state index contributed by atoms with van der Waals surface area (Å²) in [5.74, 6) is 1.68. The summed E-state index contributed by atoms with van der Waals surface area (Å²) >= 11 is 6.56. The van der Waals surface area contributed by atoms with E-state index in [-0.39, 0.29) is 17.9 Å². The van der Waals surface area contributed by atoms with Crippen molar-refractivity contribution in [3.63, 3.8) is 0 Å². The van der Waals surface area contributed by atoms with Gasteiger partial charge in [0.2, 0.25) is 5.91 Å². The van der Waals surface area contributed by atoms with Gasteiger partial charge < -0.3 is 19.5 Å². The predicted octanol–water partition coefficient (Wildman–Crippen LogP) is 3.51. The molecule has 2 atom stereocenters. The molecule has 4 heterocycles. The third kappa shape index (κ3) is 3.42. The maximum Gasteiger partial charge on any atom is 0.225 e. The van der Waals surface area contributed by atoms with E-state index in [9.17, 15) is 4.79 Å². The summed E-state index contributed by atoms with van der Waals surface area (Å²) in [7, 11) is 3.60. The van der Waals surface area contributed by atoms with Gasteiger partial charge in [0, 0.05) is 86.0 Å². The van der Waals surface area contributed by atoms with Crippen molar-refractivity contribution >= 4 is 17.5 Å². The van der Waals surface area contributed by atoms with Gasteiger partial charge in [-0.05, 0) is 35.7 Å². The topological polar surface area (TPSA) is 80.5 Å². The third-order valence-corrected chi connectivity index (χ3v) is 7.16. The quantitative estimate of drug-likeness (QED) is 0.639. The van der Waals surface area contributed by atoms with Gasteiger partial charge in [-0.15, -0.1) is 0 Å². The molecule has 3 aromatic rings. The van der Waals surface area contributed by atoms with Gasteiger partial charge in [-0.3, -0.25) is 9.78 Å². The number of hydrogen-bond donors (Lipinski definition) is 1. The maximum atomic E-state index is 12.6. The van der Waals surface area contributed by atoms with Gasteiger partial charge >= 0.3 is 0 Å². The van der Waals surface area contributed by atoms with Crippen LogP contribution in [0, 0.1) is 5.92 Å². The van der Waals surface area contributed by atoms with Crippen molar-refractivity contribution < 1.29 is 14.1 Å². The molecular formula is C25H25ClN4O3. The number of nitrogens with zero attached hydrogens (tertiary/aromatic N) is 3. The smallest absolute Gasteiger partial charge is 0.225 e. The second-order valence-corrected chi connectivity index (χ2v) is 9.71. The minimum absolute atomic E-state index is 0.0854. The summed E-state index contributed by atoms with van der Waals surface area (Å²) in [5, 5.41) is 8.34. The fraction of sp³-hybridized carbons (Fsp3) is 0.400. The first-order valence-electron chi connectivity index (χ1n) is 11.3. The number of halogens is 1. The van der Waals surface area contributed by atoms with Crippen LogP contribution >= 0.6 is 11.6 Å². The fourth-order valence-corrected chi connectivity index (χ4v) is 5.61. The number of carbonyl (C=O) groups excluding carboxylic acids is 1. The highest BCUT2D eigenvalue weighted by molar-refractivity contribution is 6.31. The second-order valence-electron chi connectivity index (χ2n) is 9.27. The minimum Gasteiger partial charge on any atom is -0.481 e. The van der Waals surface area contributed by atoms with Gasteiger partial charge in [0.1, 0.15) is 5.75 Å². The number of hydrogen-bond acceptors (Lipinski definition) is 6. The van der Waals surface area contributed by atoms with Crippen molar-refractivity contribution in [3.05, 3.63) is 63.3 Å².